The Hall–Kier alpha value is -2.50. The van der Waals surface area contributed by atoms with E-state index < -0.39 is 5.97 Å². The molecule has 0 saturated heterocycles. The molecule has 6 heteroatoms. The number of ether oxygens (including phenoxy) is 1. The van der Waals surface area contributed by atoms with Gasteiger partial charge in [-0.25, -0.2) is 4.79 Å². The average molecular weight is 290 g/mol. The van der Waals surface area contributed by atoms with E-state index in [0.717, 1.165) is 0 Å². The van der Waals surface area contributed by atoms with Gasteiger partial charge in [-0.05, 0) is 23.6 Å². The summed E-state index contributed by atoms with van der Waals surface area (Å²) in [5.74, 6) is -0.452. The average Bonchev–Trinajstić information content (AvgIpc) is 2.87. The van der Waals surface area contributed by atoms with Gasteiger partial charge in [-0.1, -0.05) is 20.8 Å². The first-order valence-corrected chi connectivity index (χ1v) is 6.44. The zero-order chi connectivity index (χ0) is 15.8. The van der Waals surface area contributed by atoms with Crippen LogP contribution in [0.1, 0.15) is 36.8 Å². The van der Waals surface area contributed by atoms with E-state index in [9.17, 15) is 9.90 Å². The normalized spacial score (nSPS) is 11.4. The standard InChI is InChI=1S/C15H18N2O4/c1-15(2,3)10-6-8(21-4)5-9(13(10)18)11-7-12(14(19)20)17-16-11/h5-7,18H,1-4H3,(H,16,17)(H,19,20). The molecule has 0 bridgehead atoms. The van der Waals surface area contributed by atoms with Crippen LogP contribution in [-0.4, -0.2) is 33.5 Å². The molecule has 0 fully saturated rings. The first-order valence-electron chi connectivity index (χ1n) is 6.44. The van der Waals surface area contributed by atoms with Crippen LogP contribution in [-0.2, 0) is 5.41 Å². The van der Waals surface area contributed by atoms with Gasteiger partial charge in [0.05, 0.1) is 12.8 Å². The van der Waals surface area contributed by atoms with Crippen LogP contribution in [0.25, 0.3) is 11.3 Å². The molecule has 0 aliphatic rings. The fourth-order valence-electron chi connectivity index (χ4n) is 2.06. The van der Waals surface area contributed by atoms with Crippen LogP contribution in [0.2, 0.25) is 0 Å². The fourth-order valence-corrected chi connectivity index (χ4v) is 2.06. The highest BCUT2D eigenvalue weighted by atomic mass is 16.5. The molecule has 0 aliphatic heterocycles. The molecule has 0 radical (unpaired) electrons. The Morgan fingerprint density at radius 2 is 1.95 bits per heavy atom. The van der Waals surface area contributed by atoms with Gasteiger partial charge in [0.1, 0.15) is 17.2 Å². The number of rotatable bonds is 3. The number of carbonyl (C=O) groups is 1. The molecule has 0 unspecified atom stereocenters. The van der Waals surface area contributed by atoms with Crippen molar-refractivity contribution in [1.82, 2.24) is 10.2 Å². The van der Waals surface area contributed by atoms with Gasteiger partial charge in [0.2, 0.25) is 0 Å². The van der Waals surface area contributed by atoms with Gasteiger partial charge in [0.25, 0.3) is 0 Å². The Bertz CT molecular complexity index is 683. The number of phenolic OH excluding ortho intramolecular Hbond substituents is 1. The molecule has 0 spiro atoms. The summed E-state index contributed by atoms with van der Waals surface area (Å²) in [6, 6.07) is 4.78. The van der Waals surface area contributed by atoms with Gasteiger partial charge in [0.15, 0.2) is 0 Å². The van der Waals surface area contributed by atoms with Crippen molar-refractivity contribution < 1.29 is 19.7 Å². The number of H-pyrrole nitrogens is 1. The highest BCUT2D eigenvalue weighted by Crippen LogP contribution is 2.41. The van der Waals surface area contributed by atoms with E-state index in [4.69, 9.17) is 9.84 Å². The van der Waals surface area contributed by atoms with Crippen molar-refractivity contribution in [1.29, 1.82) is 0 Å². The molecule has 112 valence electrons. The summed E-state index contributed by atoms with van der Waals surface area (Å²) in [4.78, 5) is 10.9. The third-order valence-electron chi connectivity index (χ3n) is 3.21. The summed E-state index contributed by atoms with van der Waals surface area (Å²) in [6.07, 6.45) is 0. The Kier molecular flexibility index (Phi) is 3.63. The molecule has 0 amide bonds. The highest BCUT2D eigenvalue weighted by molar-refractivity contribution is 5.87. The number of nitrogens with one attached hydrogen (secondary N) is 1. The largest absolute Gasteiger partial charge is 0.507 e. The molecule has 21 heavy (non-hydrogen) atoms. The van der Waals surface area contributed by atoms with E-state index in [0.29, 0.717) is 22.6 Å². The Balaban J connectivity index is 2.64. The number of carboxylic acids is 1. The van der Waals surface area contributed by atoms with Crippen molar-refractivity contribution in [2.24, 2.45) is 0 Å². The maximum Gasteiger partial charge on any atom is 0.353 e. The second-order valence-corrected chi connectivity index (χ2v) is 5.79. The van der Waals surface area contributed by atoms with Gasteiger partial charge in [-0.15, -0.1) is 0 Å². The Morgan fingerprint density at radius 3 is 2.43 bits per heavy atom. The van der Waals surface area contributed by atoms with Crippen LogP contribution < -0.4 is 4.74 Å². The second kappa shape index (κ2) is 5.12. The van der Waals surface area contributed by atoms with Crippen molar-refractivity contribution in [2.45, 2.75) is 26.2 Å². The van der Waals surface area contributed by atoms with Crippen molar-refractivity contribution in [2.75, 3.05) is 7.11 Å². The number of phenols is 1. The van der Waals surface area contributed by atoms with Gasteiger partial charge >= 0.3 is 5.97 Å². The quantitative estimate of drug-likeness (QED) is 0.807. The van der Waals surface area contributed by atoms with Gasteiger partial charge < -0.3 is 14.9 Å². The number of methoxy groups -OCH3 is 1. The maximum atomic E-state index is 10.9. The number of hydrogen-bond donors (Lipinski definition) is 3. The summed E-state index contributed by atoms with van der Waals surface area (Å²) in [5.41, 5.74) is 1.16. The number of nitrogens with zero attached hydrogens (tertiary/aromatic N) is 1. The van der Waals surface area contributed by atoms with E-state index >= 15 is 0 Å². The molecular weight excluding hydrogens is 272 g/mol. The number of benzene rings is 1. The molecular formula is C15H18N2O4. The van der Waals surface area contributed by atoms with Crippen molar-refractivity contribution in [3.05, 3.63) is 29.5 Å². The number of aromatic hydroxyl groups is 1. The molecule has 2 aromatic rings. The molecule has 2 rings (SSSR count). The predicted octanol–water partition coefficient (Wildman–Crippen LogP) is 2.79. The summed E-state index contributed by atoms with van der Waals surface area (Å²) >= 11 is 0. The SMILES string of the molecule is COc1cc(-c2cc(C(=O)O)[nH]n2)c(O)c(C(C)(C)C)c1. The molecule has 0 aliphatic carbocycles. The second-order valence-electron chi connectivity index (χ2n) is 5.79. The summed E-state index contributed by atoms with van der Waals surface area (Å²) < 4.78 is 5.26. The lowest BCUT2D eigenvalue weighted by molar-refractivity contribution is 0.0690. The highest BCUT2D eigenvalue weighted by Gasteiger charge is 2.23. The van der Waals surface area contributed by atoms with Gasteiger partial charge in [-0.3, -0.25) is 5.10 Å². The van der Waals surface area contributed by atoms with Crippen molar-refractivity contribution >= 4 is 5.97 Å². The van der Waals surface area contributed by atoms with Crippen LogP contribution in [0.15, 0.2) is 18.2 Å². The zero-order valence-electron chi connectivity index (χ0n) is 12.4. The summed E-state index contributed by atoms with van der Waals surface area (Å²) in [7, 11) is 1.54. The number of hydrogen-bond acceptors (Lipinski definition) is 4. The Labute approximate surface area is 122 Å². The lowest BCUT2D eigenvalue weighted by atomic mass is 9.84. The molecule has 1 aromatic heterocycles. The third-order valence-corrected chi connectivity index (χ3v) is 3.21. The third kappa shape index (κ3) is 2.84. The van der Waals surface area contributed by atoms with Gasteiger partial charge in [0, 0.05) is 11.1 Å². The van der Waals surface area contributed by atoms with Crippen LogP contribution in [0.4, 0.5) is 0 Å². The first-order chi connectivity index (χ1) is 9.74. The summed E-state index contributed by atoms with van der Waals surface area (Å²) in [6.45, 7) is 5.91. The monoisotopic (exact) mass is 290 g/mol. The zero-order valence-corrected chi connectivity index (χ0v) is 12.4. The van der Waals surface area contributed by atoms with E-state index in [2.05, 4.69) is 10.2 Å². The minimum atomic E-state index is -1.10. The lowest BCUT2D eigenvalue weighted by Crippen LogP contribution is -2.12. The first kappa shape index (κ1) is 14.9. The molecule has 1 aromatic carbocycles. The molecule has 1 heterocycles. The molecule has 0 atom stereocenters. The topological polar surface area (TPSA) is 95.4 Å². The van der Waals surface area contributed by atoms with Crippen LogP contribution in [0.3, 0.4) is 0 Å². The lowest BCUT2D eigenvalue weighted by Gasteiger charge is -2.22. The number of aromatic carboxylic acids is 1. The van der Waals surface area contributed by atoms with Crippen LogP contribution in [0.5, 0.6) is 11.5 Å². The number of aromatic nitrogens is 2. The van der Waals surface area contributed by atoms with Crippen LogP contribution in [0, 0.1) is 0 Å². The smallest absolute Gasteiger partial charge is 0.353 e. The van der Waals surface area contributed by atoms with Crippen molar-refractivity contribution in [3.63, 3.8) is 0 Å². The van der Waals surface area contributed by atoms with E-state index in [-0.39, 0.29) is 16.9 Å². The minimum Gasteiger partial charge on any atom is -0.507 e. The Morgan fingerprint density at radius 1 is 1.29 bits per heavy atom. The predicted molar refractivity (Wildman–Crippen MR) is 77.9 cm³/mol. The van der Waals surface area contributed by atoms with E-state index in [1.165, 1.54) is 13.2 Å². The molecule has 0 saturated carbocycles. The fraction of sp³-hybridized carbons (Fsp3) is 0.333. The van der Waals surface area contributed by atoms with Crippen molar-refractivity contribution in [3.8, 4) is 22.8 Å². The molecule has 6 nitrogen and oxygen atoms in total. The van der Waals surface area contributed by atoms with Crippen LogP contribution >= 0.6 is 0 Å². The van der Waals surface area contributed by atoms with E-state index in [1.807, 2.05) is 20.8 Å². The number of aromatic amines is 1. The number of carboxylic acid groups (broad SMARTS) is 1. The summed E-state index contributed by atoms with van der Waals surface area (Å²) in [5, 5.41) is 25.8. The van der Waals surface area contributed by atoms with Gasteiger partial charge in [-0.2, -0.15) is 5.10 Å². The van der Waals surface area contributed by atoms with E-state index in [1.54, 1.807) is 12.1 Å². The molecule has 3 N–H and O–H groups in total. The minimum absolute atomic E-state index is 0.0375. The maximum absolute atomic E-state index is 10.9.